The van der Waals surface area contributed by atoms with Crippen LogP contribution in [0.25, 0.3) is 60.8 Å². The lowest BCUT2D eigenvalue weighted by Crippen LogP contribution is -2.20. The van der Waals surface area contributed by atoms with Gasteiger partial charge < -0.3 is 19.7 Å². The van der Waals surface area contributed by atoms with E-state index >= 15 is 0 Å². The average Bonchev–Trinajstić information content (AvgIpc) is 3.92. The number of rotatable bonds is 7. The van der Waals surface area contributed by atoms with E-state index in [1.54, 1.807) is 0 Å². The number of aldehydes is 1. The molecule has 1 atom stereocenters. The first-order valence-electron chi connectivity index (χ1n) is 24.7. The number of nitrogen functional groups attached to an aromatic ring is 1. The average molecular weight is 1000 g/mol. The van der Waals surface area contributed by atoms with E-state index in [1.807, 2.05) is 50.4 Å². The summed E-state index contributed by atoms with van der Waals surface area (Å²) in [4.78, 5) is 30.2. The zero-order valence-electron chi connectivity index (χ0n) is 44.6. The topological polar surface area (TPSA) is 109 Å². The van der Waals surface area contributed by atoms with Gasteiger partial charge in [0.25, 0.3) is 0 Å². The van der Waals surface area contributed by atoms with Crippen molar-refractivity contribution >= 4 is 77.6 Å². The molecule has 1 unspecified atom stereocenters. The molecule has 0 fully saturated rings. The van der Waals surface area contributed by atoms with Gasteiger partial charge in [0.05, 0.1) is 27.8 Å². The van der Waals surface area contributed by atoms with E-state index < -0.39 is 0 Å². The molecule has 368 valence electrons. The van der Waals surface area contributed by atoms with Gasteiger partial charge in [0.15, 0.2) is 11.3 Å². The van der Waals surface area contributed by atoms with Gasteiger partial charge in [-0.15, -0.1) is 0 Å². The molecule has 0 aliphatic carbocycles. The number of aromatic nitrogens is 7. The number of carbonyl (C=O) groups is 1. The van der Waals surface area contributed by atoms with Crippen LogP contribution in [-0.4, -0.2) is 39.8 Å². The molecule has 5 heterocycles. The minimum Gasteiger partial charge on any atom is -0.383 e. The molecular formula is C60H75BrN8O. The van der Waals surface area contributed by atoms with Crippen molar-refractivity contribution in [3.05, 3.63) is 131 Å². The Kier molecular flexibility index (Phi) is 14.6. The van der Waals surface area contributed by atoms with Crippen LogP contribution in [0.4, 0.5) is 5.82 Å². The van der Waals surface area contributed by atoms with Crippen LogP contribution in [0.2, 0.25) is 0 Å². The van der Waals surface area contributed by atoms with Crippen molar-refractivity contribution in [3.63, 3.8) is 0 Å². The molecule has 0 radical (unpaired) electrons. The highest BCUT2D eigenvalue weighted by Crippen LogP contribution is 2.38. The van der Waals surface area contributed by atoms with Gasteiger partial charge in [0, 0.05) is 53.0 Å². The zero-order valence-corrected chi connectivity index (χ0v) is 46.2. The van der Waals surface area contributed by atoms with Crippen LogP contribution in [0.1, 0.15) is 127 Å². The van der Waals surface area contributed by atoms with E-state index in [1.165, 1.54) is 33.0 Å². The number of benzene rings is 4. The third kappa shape index (κ3) is 11.3. The molecule has 0 saturated heterocycles. The molecule has 4 aromatic carbocycles. The van der Waals surface area contributed by atoms with Gasteiger partial charge in [-0.05, 0) is 77.2 Å². The van der Waals surface area contributed by atoms with E-state index in [0.717, 1.165) is 99.5 Å². The van der Waals surface area contributed by atoms with Gasteiger partial charge in [-0.2, -0.15) is 0 Å². The molecule has 0 spiro atoms. The minimum atomic E-state index is -0.168. The molecule has 9 nitrogen and oxygen atoms in total. The molecule has 10 heteroatoms. The van der Waals surface area contributed by atoms with Crippen LogP contribution in [0.5, 0.6) is 0 Å². The van der Waals surface area contributed by atoms with Crippen LogP contribution >= 0.6 is 15.9 Å². The normalized spacial score (nSPS) is 12.9. The van der Waals surface area contributed by atoms with E-state index in [4.69, 9.17) is 20.7 Å². The van der Waals surface area contributed by atoms with Crippen molar-refractivity contribution in [3.8, 4) is 11.3 Å². The number of halogens is 1. The summed E-state index contributed by atoms with van der Waals surface area (Å²) in [6.07, 6.45) is 4.77. The number of alkyl halides is 1. The molecule has 0 aliphatic rings. The molecule has 0 bridgehead atoms. The molecule has 9 aromatic rings. The SMILES string of the molecule is CC(C)(C)Cc1nc2nc(N)c3ccccc3c2n1CC(C)(C)C.Cc1cccc(C)c1-c1cnc2c3ccccc3c3c(nc(CC(C)(C)C)n3CC(C)(C)C)n12.Cc1cccc(C)c1C(Br)C=O. The van der Waals surface area contributed by atoms with Gasteiger partial charge in [0.2, 0.25) is 0 Å². The maximum Gasteiger partial charge on any atom is 0.180 e. The van der Waals surface area contributed by atoms with Crippen molar-refractivity contribution in [2.24, 2.45) is 21.7 Å². The molecule has 70 heavy (non-hydrogen) atoms. The first kappa shape index (κ1) is 52.0. The minimum absolute atomic E-state index is 0.126. The molecule has 9 rings (SSSR count). The van der Waals surface area contributed by atoms with E-state index in [0.29, 0.717) is 5.82 Å². The smallest absolute Gasteiger partial charge is 0.180 e. The van der Waals surface area contributed by atoms with Crippen LogP contribution in [0.15, 0.2) is 91.1 Å². The summed E-state index contributed by atoms with van der Waals surface area (Å²) in [6, 6.07) is 29.4. The molecular weight excluding hydrogens is 929 g/mol. The van der Waals surface area contributed by atoms with Crippen LogP contribution in [-0.2, 0) is 30.7 Å². The summed E-state index contributed by atoms with van der Waals surface area (Å²) in [5, 5.41) is 4.53. The highest BCUT2D eigenvalue weighted by Gasteiger charge is 2.27. The van der Waals surface area contributed by atoms with Gasteiger partial charge in [-0.25, -0.2) is 19.9 Å². The largest absolute Gasteiger partial charge is 0.383 e. The number of aryl methyl sites for hydroxylation is 4. The maximum absolute atomic E-state index is 10.6. The lowest BCUT2D eigenvalue weighted by Gasteiger charge is -2.24. The highest BCUT2D eigenvalue weighted by atomic mass is 79.9. The predicted octanol–water partition coefficient (Wildman–Crippen LogP) is 15.5. The Morgan fingerprint density at radius 3 is 1.51 bits per heavy atom. The monoisotopic (exact) mass is 1000 g/mol. The lowest BCUT2D eigenvalue weighted by molar-refractivity contribution is -0.107. The van der Waals surface area contributed by atoms with Crippen molar-refractivity contribution < 1.29 is 4.79 Å². The fourth-order valence-electron chi connectivity index (χ4n) is 9.70. The second kappa shape index (κ2) is 19.7. The highest BCUT2D eigenvalue weighted by molar-refractivity contribution is 9.09. The molecule has 0 saturated carbocycles. The summed E-state index contributed by atoms with van der Waals surface area (Å²) < 4.78 is 7.14. The third-order valence-corrected chi connectivity index (χ3v) is 13.1. The number of imidazole rings is 3. The maximum atomic E-state index is 10.6. The van der Waals surface area contributed by atoms with Crippen LogP contribution < -0.4 is 5.73 Å². The Balaban J connectivity index is 0.000000174. The van der Waals surface area contributed by atoms with Gasteiger partial charge in [-0.1, -0.05) is 184 Å². The molecule has 2 N–H and O–H groups in total. The van der Waals surface area contributed by atoms with Crippen molar-refractivity contribution in [1.29, 1.82) is 0 Å². The van der Waals surface area contributed by atoms with Gasteiger partial charge in [-0.3, -0.25) is 4.40 Å². The first-order chi connectivity index (χ1) is 32.7. The van der Waals surface area contributed by atoms with E-state index in [-0.39, 0.29) is 26.5 Å². The predicted molar refractivity (Wildman–Crippen MR) is 299 cm³/mol. The summed E-state index contributed by atoms with van der Waals surface area (Å²) in [7, 11) is 0. The van der Waals surface area contributed by atoms with Gasteiger partial charge in [0.1, 0.15) is 29.4 Å². The molecule has 5 aromatic heterocycles. The Morgan fingerprint density at radius 1 is 0.557 bits per heavy atom. The second-order valence-electron chi connectivity index (χ2n) is 24.2. The summed E-state index contributed by atoms with van der Waals surface area (Å²) in [6.45, 7) is 37.5. The van der Waals surface area contributed by atoms with Crippen molar-refractivity contribution in [2.75, 3.05) is 5.73 Å². The van der Waals surface area contributed by atoms with E-state index in [9.17, 15) is 4.79 Å². The summed E-state index contributed by atoms with van der Waals surface area (Å²) in [5.74, 6) is 2.80. The standard InChI is InChI=1S/C30H36N4.C20H28N4.C10H11BrO/c1-19-12-11-13-20(2)25(19)23-17-31-27-22-15-10-9-14-21(22)26-28(34(23)27)32-24(16-29(3,4)5)33(26)18-30(6,7)8;1-19(2,3)11-15-22-18-16(24(15)12-20(4,5)6)13-9-7-8-10-14(13)17(21)23-18;1-7-4-3-5-8(2)10(7)9(11)6-12/h9-15,17H,16,18H2,1-8H3;7-10H,11-12H2,1-6H3,(H2,21,23);3-6,9H,1-2H3. The van der Waals surface area contributed by atoms with Crippen LogP contribution in [0.3, 0.4) is 0 Å². The second-order valence-corrected chi connectivity index (χ2v) is 25.2. The zero-order chi connectivity index (χ0) is 51.2. The van der Waals surface area contributed by atoms with Gasteiger partial charge >= 0.3 is 0 Å². The Hall–Kier alpha value is -5.87. The number of fused-ring (bicyclic) bond motifs is 9. The molecule has 0 aliphatic heterocycles. The summed E-state index contributed by atoms with van der Waals surface area (Å²) >= 11 is 3.32. The Morgan fingerprint density at radius 2 is 1.01 bits per heavy atom. The lowest BCUT2D eigenvalue weighted by atomic mass is 9.91. The number of nitrogens with two attached hydrogens (primary N) is 1. The third-order valence-electron chi connectivity index (χ3n) is 12.5. The van der Waals surface area contributed by atoms with Crippen molar-refractivity contribution in [2.45, 2.75) is 142 Å². The number of anilines is 1. The number of nitrogens with zero attached hydrogens (tertiary/aromatic N) is 7. The Bertz CT molecular complexity index is 3320. The van der Waals surface area contributed by atoms with Crippen molar-refractivity contribution in [1.82, 2.24) is 33.5 Å². The molecule has 0 amide bonds. The fourth-order valence-corrected chi connectivity index (χ4v) is 10.4. The number of hydrogen-bond donors (Lipinski definition) is 1. The number of hydrogen-bond acceptors (Lipinski definition) is 6. The number of carbonyl (C=O) groups excluding carboxylic acids is 1. The van der Waals surface area contributed by atoms with Crippen LogP contribution in [0, 0.1) is 49.4 Å². The quantitative estimate of drug-likeness (QED) is 0.126. The summed E-state index contributed by atoms with van der Waals surface area (Å²) in [5.41, 5.74) is 20.1. The first-order valence-corrected chi connectivity index (χ1v) is 25.6. The van der Waals surface area contributed by atoms with E-state index in [2.05, 4.69) is 186 Å². The number of pyridine rings is 2. The fraction of sp³-hybridized carbons (Fsp3) is 0.417. The Labute approximate surface area is 424 Å².